The lowest BCUT2D eigenvalue weighted by molar-refractivity contribution is -0.110. The number of amides is 1. The Morgan fingerprint density at radius 1 is 1.10 bits per heavy atom. The summed E-state index contributed by atoms with van der Waals surface area (Å²) < 4.78 is 0. The van der Waals surface area contributed by atoms with E-state index in [0.717, 1.165) is 11.3 Å². The molecular formula is C15H13Cl2N3O. The summed E-state index contributed by atoms with van der Waals surface area (Å²) in [5.74, 6) is -0.538. The number of hydrogen-bond donors (Lipinski definition) is 2. The molecule has 2 rings (SSSR count). The van der Waals surface area contributed by atoms with Gasteiger partial charge in [0.05, 0.1) is 16.4 Å². The van der Waals surface area contributed by atoms with Gasteiger partial charge < -0.3 is 5.32 Å². The average molecular weight is 322 g/mol. The second-order valence-electron chi connectivity index (χ2n) is 4.31. The molecule has 2 aromatic carbocycles. The van der Waals surface area contributed by atoms with Crippen molar-refractivity contribution < 1.29 is 4.79 Å². The number of hydrogen-bond acceptors (Lipinski definition) is 3. The number of halogens is 2. The molecule has 0 aliphatic heterocycles. The Morgan fingerprint density at radius 2 is 1.76 bits per heavy atom. The lowest BCUT2D eigenvalue weighted by Crippen LogP contribution is -2.19. The Labute approximate surface area is 132 Å². The fraction of sp³-hybridized carbons (Fsp3) is 0.0667. The smallest absolute Gasteiger partial charge is 0.287 e. The third kappa shape index (κ3) is 4.48. The molecule has 0 unspecified atom stereocenters. The van der Waals surface area contributed by atoms with Crippen LogP contribution in [0.2, 0.25) is 5.02 Å². The van der Waals surface area contributed by atoms with Gasteiger partial charge in [0.1, 0.15) is 0 Å². The van der Waals surface area contributed by atoms with Gasteiger partial charge in [-0.1, -0.05) is 53.0 Å². The SMILES string of the molecule is Cc1ccc(N/N=C(\Cl)C(=O)Nc2ccccc2Cl)cc1. The largest absolute Gasteiger partial charge is 0.318 e. The molecule has 0 saturated carbocycles. The number of benzene rings is 2. The van der Waals surface area contributed by atoms with Crippen LogP contribution in [0.1, 0.15) is 5.56 Å². The lowest BCUT2D eigenvalue weighted by Gasteiger charge is -2.06. The molecule has 108 valence electrons. The standard InChI is InChI=1S/C15H13Cl2N3O/c1-10-6-8-11(9-7-10)19-20-14(17)15(21)18-13-5-3-2-4-12(13)16/h2-9,19H,1H3,(H,18,21)/b20-14-. The first kappa shape index (κ1) is 15.4. The summed E-state index contributed by atoms with van der Waals surface area (Å²) in [5.41, 5.74) is 5.07. The van der Waals surface area contributed by atoms with Crippen LogP contribution >= 0.6 is 23.2 Å². The van der Waals surface area contributed by atoms with Crippen LogP contribution in [-0.4, -0.2) is 11.1 Å². The Hall–Kier alpha value is -2.04. The van der Waals surface area contributed by atoms with Gasteiger partial charge in [-0.2, -0.15) is 5.10 Å². The zero-order chi connectivity index (χ0) is 15.2. The van der Waals surface area contributed by atoms with Crippen LogP contribution in [0.15, 0.2) is 53.6 Å². The molecular weight excluding hydrogens is 309 g/mol. The Morgan fingerprint density at radius 3 is 2.43 bits per heavy atom. The minimum absolute atomic E-state index is 0.213. The molecule has 0 spiro atoms. The summed E-state index contributed by atoms with van der Waals surface area (Å²) in [6, 6.07) is 14.4. The maximum atomic E-state index is 11.9. The van der Waals surface area contributed by atoms with E-state index in [4.69, 9.17) is 23.2 Å². The number of nitrogens with zero attached hydrogens (tertiary/aromatic N) is 1. The first-order chi connectivity index (χ1) is 10.1. The van der Waals surface area contributed by atoms with Crippen molar-refractivity contribution in [1.82, 2.24) is 0 Å². The normalized spacial score (nSPS) is 11.1. The van der Waals surface area contributed by atoms with Crippen molar-refractivity contribution in [2.24, 2.45) is 5.10 Å². The third-order valence-electron chi connectivity index (χ3n) is 2.64. The molecule has 21 heavy (non-hydrogen) atoms. The van der Waals surface area contributed by atoms with Crippen LogP contribution in [-0.2, 0) is 4.79 Å². The molecule has 0 bridgehead atoms. The van der Waals surface area contributed by atoms with Gasteiger partial charge in [0.2, 0.25) is 5.17 Å². The first-order valence-electron chi connectivity index (χ1n) is 6.18. The molecule has 0 saturated heterocycles. The molecule has 4 nitrogen and oxygen atoms in total. The zero-order valence-electron chi connectivity index (χ0n) is 11.2. The number of hydrazone groups is 1. The van der Waals surface area contributed by atoms with Crippen molar-refractivity contribution in [2.75, 3.05) is 10.7 Å². The monoisotopic (exact) mass is 321 g/mol. The summed E-state index contributed by atoms with van der Waals surface area (Å²) in [6.45, 7) is 1.98. The van der Waals surface area contributed by atoms with E-state index >= 15 is 0 Å². The maximum Gasteiger partial charge on any atom is 0.287 e. The number of carbonyl (C=O) groups excluding carboxylic acids is 1. The molecule has 0 fully saturated rings. The lowest BCUT2D eigenvalue weighted by atomic mass is 10.2. The number of para-hydroxylation sites is 1. The van der Waals surface area contributed by atoms with Crippen LogP contribution in [0, 0.1) is 6.92 Å². The van der Waals surface area contributed by atoms with Crippen LogP contribution in [0.25, 0.3) is 0 Å². The second-order valence-corrected chi connectivity index (χ2v) is 5.08. The second kappa shape index (κ2) is 7.11. The van der Waals surface area contributed by atoms with Gasteiger partial charge in [-0.25, -0.2) is 0 Å². The fourth-order valence-corrected chi connectivity index (χ4v) is 1.80. The summed E-state index contributed by atoms with van der Waals surface area (Å²) in [4.78, 5) is 11.9. The van der Waals surface area contributed by atoms with Gasteiger partial charge in [0, 0.05) is 0 Å². The van der Waals surface area contributed by atoms with E-state index in [1.54, 1.807) is 24.3 Å². The molecule has 0 heterocycles. The van der Waals surface area contributed by atoms with Crippen molar-refractivity contribution in [2.45, 2.75) is 6.92 Å². The van der Waals surface area contributed by atoms with E-state index in [1.807, 2.05) is 31.2 Å². The van der Waals surface area contributed by atoms with E-state index in [1.165, 1.54) is 0 Å². The summed E-state index contributed by atoms with van der Waals surface area (Å²) in [6.07, 6.45) is 0. The van der Waals surface area contributed by atoms with Crippen LogP contribution < -0.4 is 10.7 Å². The summed E-state index contributed by atoms with van der Waals surface area (Å²) >= 11 is 11.8. The summed E-state index contributed by atoms with van der Waals surface area (Å²) in [5, 5.41) is 6.63. The third-order valence-corrected chi connectivity index (χ3v) is 3.23. The molecule has 0 aliphatic carbocycles. The Bertz CT molecular complexity index is 669. The predicted molar refractivity (Wildman–Crippen MR) is 88.2 cm³/mol. The maximum absolute atomic E-state index is 11.9. The van der Waals surface area contributed by atoms with E-state index < -0.39 is 5.91 Å². The molecule has 0 atom stereocenters. The van der Waals surface area contributed by atoms with Crippen LogP contribution in [0.4, 0.5) is 11.4 Å². The van der Waals surface area contributed by atoms with Crippen molar-refractivity contribution in [1.29, 1.82) is 0 Å². The highest BCUT2D eigenvalue weighted by Crippen LogP contribution is 2.20. The molecule has 2 aromatic rings. The van der Waals surface area contributed by atoms with Crippen molar-refractivity contribution in [3.63, 3.8) is 0 Å². The van der Waals surface area contributed by atoms with E-state index in [-0.39, 0.29) is 5.17 Å². The van der Waals surface area contributed by atoms with Crippen molar-refractivity contribution in [3.8, 4) is 0 Å². The van der Waals surface area contributed by atoms with Gasteiger partial charge >= 0.3 is 0 Å². The molecule has 6 heteroatoms. The number of anilines is 2. The van der Waals surface area contributed by atoms with Crippen LogP contribution in [0.5, 0.6) is 0 Å². The fourth-order valence-electron chi connectivity index (χ4n) is 1.53. The van der Waals surface area contributed by atoms with Crippen LogP contribution in [0.3, 0.4) is 0 Å². The number of carbonyl (C=O) groups is 1. The van der Waals surface area contributed by atoms with Crippen molar-refractivity contribution in [3.05, 3.63) is 59.1 Å². The minimum atomic E-state index is -0.538. The van der Waals surface area contributed by atoms with Gasteiger partial charge in [0.15, 0.2) is 0 Å². The van der Waals surface area contributed by atoms with Crippen molar-refractivity contribution >= 4 is 45.7 Å². The van der Waals surface area contributed by atoms with E-state index in [9.17, 15) is 4.79 Å². The number of rotatable bonds is 4. The topological polar surface area (TPSA) is 53.5 Å². The predicted octanol–water partition coefficient (Wildman–Crippen LogP) is 4.25. The number of nitrogens with one attached hydrogen (secondary N) is 2. The molecule has 1 amide bonds. The highest BCUT2D eigenvalue weighted by molar-refractivity contribution is 6.84. The molecule has 0 radical (unpaired) electrons. The van der Waals surface area contributed by atoms with Gasteiger partial charge in [-0.3, -0.25) is 10.2 Å². The van der Waals surface area contributed by atoms with E-state index in [2.05, 4.69) is 15.8 Å². The highest BCUT2D eigenvalue weighted by atomic mass is 35.5. The van der Waals surface area contributed by atoms with Gasteiger partial charge in [0.25, 0.3) is 5.91 Å². The molecule has 0 aromatic heterocycles. The quantitative estimate of drug-likeness (QED) is 0.653. The number of aryl methyl sites for hydroxylation is 1. The highest BCUT2D eigenvalue weighted by Gasteiger charge is 2.10. The van der Waals surface area contributed by atoms with Gasteiger partial charge in [-0.15, -0.1) is 0 Å². The first-order valence-corrected chi connectivity index (χ1v) is 6.93. The zero-order valence-corrected chi connectivity index (χ0v) is 12.7. The van der Waals surface area contributed by atoms with Gasteiger partial charge in [-0.05, 0) is 31.2 Å². The summed E-state index contributed by atoms with van der Waals surface area (Å²) in [7, 11) is 0. The molecule has 2 N–H and O–H groups in total. The minimum Gasteiger partial charge on any atom is -0.318 e. The van der Waals surface area contributed by atoms with E-state index in [0.29, 0.717) is 10.7 Å². The average Bonchev–Trinajstić information content (AvgIpc) is 2.48. The Kier molecular flexibility index (Phi) is 5.20. The Balaban J connectivity index is 2.00. The molecule has 0 aliphatic rings.